The summed E-state index contributed by atoms with van der Waals surface area (Å²) in [5, 5.41) is 3.37. The Morgan fingerprint density at radius 2 is 1.77 bits per heavy atom. The fourth-order valence-corrected chi connectivity index (χ4v) is 1.76. The van der Waals surface area contributed by atoms with Gasteiger partial charge in [0.15, 0.2) is 0 Å². The molecule has 1 aromatic carbocycles. The number of aliphatic imine (C=N–C) groups is 1. The first kappa shape index (κ1) is 24.0. The van der Waals surface area contributed by atoms with Gasteiger partial charge in [0.2, 0.25) is 0 Å². The zero-order valence-corrected chi connectivity index (χ0v) is 15.8. The number of ether oxygens (including phenoxy) is 1. The normalized spacial score (nSPS) is 12.0. The van der Waals surface area contributed by atoms with Crippen molar-refractivity contribution in [2.45, 2.75) is 52.8 Å². The van der Waals surface area contributed by atoms with E-state index in [2.05, 4.69) is 28.9 Å². The molecule has 0 bridgehead atoms. The molecule has 0 aliphatic rings. The minimum Gasteiger partial charge on any atom is -0.406 e. The minimum atomic E-state index is -4.68. The standard InChI is InChI=1S/C11H11F3N2O.C8H19N/c1-8(6-15)7-16-9-2-4-10(5-3-9)17-11(12,13)14;1-3-5-6-8-9-7-4-2/h2-7H,15H2,1H3;9H,3-8H2,1-2H3/b8-6-,16-7?;. The second-order valence-electron chi connectivity index (χ2n) is 5.67. The maximum atomic E-state index is 11.9. The lowest BCUT2D eigenvalue weighted by atomic mass is 10.2. The van der Waals surface area contributed by atoms with Crippen molar-refractivity contribution < 1.29 is 17.9 Å². The Bertz CT molecular complexity index is 520. The van der Waals surface area contributed by atoms with E-state index in [-0.39, 0.29) is 5.75 Å². The second-order valence-corrected chi connectivity index (χ2v) is 5.67. The first-order chi connectivity index (χ1) is 12.3. The molecule has 0 amide bonds. The first-order valence-electron chi connectivity index (χ1n) is 8.81. The smallest absolute Gasteiger partial charge is 0.406 e. The largest absolute Gasteiger partial charge is 0.573 e. The molecule has 148 valence electrons. The molecule has 0 spiro atoms. The van der Waals surface area contributed by atoms with E-state index in [1.807, 2.05) is 0 Å². The summed E-state index contributed by atoms with van der Waals surface area (Å²) in [4.78, 5) is 4.00. The highest BCUT2D eigenvalue weighted by molar-refractivity contribution is 5.80. The van der Waals surface area contributed by atoms with Gasteiger partial charge in [-0.2, -0.15) is 0 Å². The Balaban J connectivity index is 0.000000590. The van der Waals surface area contributed by atoms with Crippen LogP contribution in [-0.4, -0.2) is 25.7 Å². The van der Waals surface area contributed by atoms with E-state index in [4.69, 9.17) is 5.73 Å². The summed E-state index contributed by atoms with van der Waals surface area (Å²) in [6.07, 6.45) is 3.51. The number of nitrogens with one attached hydrogen (secondary N) is 1. The average molecular weight is 373 g/mol. The number of allylic oxidation sites excluding steroid dienone is 1. The highest BCUT2D eigenvalue weighted by Crippen LogP contribution is 2.24. The molecule has 0 saturated carbocycles. The SMILES string of the molecule is C/C(C=Nc1ccc(OC(F)(F)F)cc1)=C/N.CCCCCNCCC. The van der Waals surface area contributed by atoms with Crippen LogP contribution in [-0.2, 0) is 0 Å². The molecule has 1 rings (SSSR count). The van der Waals surface area contributed by atoms with Gasteiger partial charge in [-0.15, -0.1) is 13.2 Å². The molecule has 0 unspecified atom stereocenters. The third-order valence-electron chi connectivity index (χ3n) is 3.13. The van der Waals surface area contributed by atoms with E-state index in [9.17, 15) is 13.2 Å². The van der Waals surface area contributed by atoms with Gasteiger partial charge in [-0.1, -0.05) is 26.7 Å². The number of unbranched alkanes of at least 4 members (excludes halogenated alkanes) is 2. The van der Waals surface area contributed by atoms with Crippen LogP contribution >= 0.6 is 0 Å². The summed E-state index contributed by atoms with van der Waals surface area (Å²) in [5.41, 5.74) is 6.50. The Labute approximate surface area is 154 Å². The minimum absolute atomic E-state index is 0.275. The van der Waals surface area contributed by atoms with Gasteiger partial charge in [0, 0.05) is 6.21 Å². The number of benzene rings is 1. The average Bonchev–Trinajstić information content (AvgIpc) is 2.60. The monoisotopic (exact) mass is 373 g/mol. The van der Waals surface area contributed by atoms with Crippen molar-refractivity contribution in [3.05, 3.63) is 36.0 Å². The van der Waals surface area contributed by atoms with Crippen molar-refractivity contribution in [2.24, 2.45) is 10.7 Å². The Morgan fingerprint density at radius 1 is 1.12 bits per heavy atom. The summed E-state index contributed by atoms with van der Waals surface area (Å²) < 4.78 is 39.3. The molecule has 26 heavy (non-hydrogen) atoms. The number of hydrogen-bond donors (Lipinski definition) is 2. The summed E-state index contributed by atoms with van der Waals surface area (Å²) in [6, 6.07) is 5.23. The van der Waals surface area contributed by atoms with Gasteiger partial charge in [-0.05, 0) is 68.9 Å². The van der Waals surface area contributed by atoms with Crippen LogP contribution in [0, 0.1) is 0 Å². The lowest BCUT2D eigenvalue weighted by molar-refractivity contribution is -0.274. The lowest BCUT2D eigenvalue weighted by Gasteiger charge is -2.08. The molecule has 0 fully saturated rings. The van der Waals surface area contributed by atoms with Gasteiger partial charge in [0.05, 0.1) is 5.69 Å². The quantitative estimate of drug-likeness (QED) is 0.454. The van der Waals surface area contributed by atoms with Gasteiger partial charge in [-0.3, -0.25) is 4.99 Å². The zero-order valence-electron chi connectivity index (χ0n) is 15.8. The van der Waals surface area contributed by atoms with Gasteiger partial charge in [0.25, 0.3) is 0 Å². The van der Waals surface area contributed by atoms with Crippen LogP contribution in [0.3, 0.4) is 0 Å². The summed E-state index contributed by atoms with van der Waals surface area (Å²) in [7, 11) is 0. The zero-order chi connectivity index (χ0) is 19.8. The van der Waals surface area contributed by atoms with Crippen LogP contribution in [0.2, 0.25) is 0 Å². The number of nitrogens with zero attached hydrogens (tertiary/aromatic N) is 1. The molecule has 0 saturated heterocycles. The molecule has 0 atom stereocenters. The van der Waals surface area contributed by atoms with Crippen molar-refractivity contribution in [1.29, 1.82) is 0 Å². The fraction of sp³-hybridized carbons (Fsp3) is 0.526. The first-order valence-corrected chi connectivity index (χ1v) is 8.81. The Hall–Kier alpha value is -2.02. The van der Waals surface area contributed by atoms with Crippen LogP contribution in [0.4, 0.5) is 18.9 Å². The van der Waals surface area contributed by atoms with Gasteiger partial charge >= 0.3 is 6.36 Å². The topological polar surface area (TPSA) is 59.6 Å². The second kappa shape index (κ2) is 14.2. The molecule has 1 aromatic rings. The molecule has 7 heteroatoms. The summed E-state index contributed by atoms with van der Waals surface area (Å²) in [5.74, 6) is -0.275. The summed E-state index contributed by atoms with van der Waals surface area (Å²) >= 11 is 0. The molecule has 0 aromatic heterocycles. The van der Waals surface area contributed by atoms with Crippen molar-refractivity contribution in [1.82, 2.24) is 5.32 Å². The van der Waals surface area contributed by atoms with E-state index in [1.165, 1.54) is 75.5 Å². The van der Waals surface area contributed by atoms with Crippen LogP contribution in [0.25, 0.3) is 0 Å². The number of rotatable bonds is 9. The van der Waals surface area contributed by atoms with E-state index in [0.29, 0.717) is 5.69 Å². The van der Waals surface area contributed by atoms with Crippen LogP contribution in [0.5, 0.6) is 5.75 Å². The Kier molecular flexibility index (Phi) is 13.1. The number of nitrogens with two attached hydrogens (primary N) is 1. The highest BCUT2D eigenvalue weighted by atomic mass is 19.4. The van der Waals surface area contributed by atoms with Crippen molar-refractivity contribution in [2.75, 3.05) is 13.1 Å². The molecule has 3 N–H and O–H groups in total. The highest BCUT2D eigenvalue weighted by Gasteiger charge is 2.30. The Morgan fingerprint density at radius 3 is 2.27 bits per heavy atom. The van der Waals surface area contributed by atoms with Gasteiger partial charge in [0.1, 0.15) is 5.75 Å². The fourth-order valence-electron chi connectivity index (χ4n) is 1.76. The van der Waals surface area contributed by atoms with E-state index in [0.717, 1.165) is 5.57 Å². The molecule has 0 aliphatic carbocycles. The van der Waals surface area contributed by atoms with Gasteiger partial charge in [-0.25, -0.2) is 0 Å². The summed E-state index contributed by atoms with van der Waals surface area (Å²) in [6.45, 7) is 8.59. The number of halogens is 3. The van der Waals surface area contributed by atoms with E-state index >= 15 is 0 Å². The number of alkyl halides is 3. The van der Waals surface area contributed by atoms with Crippen LogP contribution in [0.1, 0.15) is 46.5 Å². The van der Waals surface area contributed by atoms with E-state index in [1.54, 1.807) is 6.92 Å². The molecule has 4 nitrogen and oxygen atoms in total. The maximum absolute atomic E-state index is 11.9. The lowest BCUT2D eigenvalue weighted by Crippen LogP contribution is -2.16. The molecule has 0 radical (unpaired) electrons. The molecular formula is C19H30F3N3O. The maximum Gasteiger partial charge on any atom is 0.573 e. The predicted octanol–water partition coefficient (Wildman–Crippen LogP) is 5.33. The molecule has 0 aliphatic heterocycles. The predicted molar refractivity (Wildman–Crippen MR) is 102 cm³/mol. The third-order valence-corrected chi connectivity index (χ3v) is 3.13. The van der Waals surface area contributed by atoms with Crippen LogP contribution < -0.4 is 15.8 Å². The van der Waals surface area contributed by atoms with Crippen molar-refractivity contribution >= 4 is 11.9 Å². The van der Waals surface area contributed by atoms with Crippen molar-refractivity contribution in [3.8, 4) is 5.75 Å². The van der Waals surface area contributed by atoms with Gasteiger partial charge < -0.3 is 15.8 Å². The number of hydrogen-bond acceptors (Lipinski definition) is 4. The van der Waals surface area contributed by atoms with Crippen LogP contribution in [0.15, 0.2) is 41.0 Å². The molecule has 0 heterocycles. The van der Waals surface area contributed by atoms with E-state index < -0.39 is 6.36 Å². The van der Waals surface area contributed by atoms with Crippen molar-refractivity contribution in [3.63, 3.8) is 0 Å². The third kappa shape index (κ3) is 14.3. The molecular weight excluding hydrogens is 343 g/mol.